The van der Waals surface area contributed by atoms with Crippen molar-refractivity contribution >= 4 is 0 Å². The summed E-state index contributed by atoms with van der Waals surface area (Å²) >= 11 is 0. The summed E-state index contributed by atoms with van der Waals surface area (Å²) in [7, 11) is 0. The fourth-order valence-electron chi connectivity index (χ4n) is 3.51. The van der Waals surface area contributed by atoms with Crippen molar-refractivity contribution in [2.75, 3.05) is 13.2 Å². The molecule has 2 heteroatoms. The molecule has 0 aromatic heterocycles. The zero-order valence-electron chi connectivity index (χ0n) is 13.9. The van der Waals surface area contributed by atoms with Crippen LogP contribution in [0.3, 0.4) is 0 Å². The molecule has 1 rings (SSSR count). The summed E-state index contributed by atoms with van der Waals surface area (Å²) in [5.41, 5.74) is 0.202. The Labute approximate surface area is 126 Å². The topological polar surface area (TPSA) is 32.3 Å². The third-order valence-electron chi connectivity index (χ3n) is 5.08. The van der Waals surface area contributed by atoms with Crippen LogP contribution in [0.1, 0.15) is 90.9 Å². The lowest BCUT2D eigenvalue weighted by Gasteiger charge is -2.30. The third kappa shape index (κ3) is 6.58. The molecule has 2 nitrogen and oxygen atoms in total. The predicted octanol–water partition coefficient (Wildman–Crippen LogP) is 4.66. The molecule has 0 aromatic carbocycles. The smallest absolute Gasteiger partial charge is 0.0499 e. The van der Waals surface area contributed by atoms with Crippen LogP contribution in [0.4, 0.5) is 0 Å². The first-order valence-corrected chi connectivity index (χ1v) is 9.10. The first-order valence-electron chi connectivity index (χ1n) is 9.10. The van der Waals surface area contributed by atoms with E-state index in [1.54, 1.807) is 0 Å². The summed E-state index contributed by atoms with van der Waals surface area (Å²) in [6, 6.07) is 0.678. The molecule has 1 saturated carbocycles. The van der Waals surface area contributed by atoms with Crippen LogP contribution >= 0.6 is 0 Å². The van der Waals surface area contributed by atoms with Gasteiger partial charge >= 0.3 is 0 Å². The summed E-state index contributed by atoms with van der Waals surface area (Å²) in [4.78, 5) is 0. The molecule has 1 fully saturated rings. The zero-order chi connectivity index (χ0) is 14.7. The van der Waals surface area contributed by atoms with Crippen molar-refractivity contribution in [3.63, 3.8) is 0 Å². The van der Waals surface area contributed by atoms with Crippen molar-refractivity contribution in [3.05, 3.63) is 0 Å². The van der Waals surface area contributed by atoms with Crippen LogP contribution in [0, 0.1) is 5.41 Å². The highest BCUT2D eigenvalue weighted by molar-refractivity contribution is 4.87. The Morgan fingerprint density at radius 1 is 0.950 bits per heavy atom. The molecular formula is C18H37NO. The Bertz CT molecular complexity index is 213. The predicted molar refractivity (Wildman–Crippen MR) is 88.1 cm³/mol. The normalized spacial score (nSPS) is 18.0. The average Bonchev–Trinajstić information content (AvgIpc) is 2.94. The minimum Gasteiger partial charge on any atom is -0.396 e. The Kier molecular flexibility index (Phi) is 9.54. The average molecular weight is 284 g/mol. The molecular weight excluding hydrogens is 246 g/mol. The fraction of sp³-hybridized carbons (Fsp3) is 1.00. The van der Waals surface area contributed by atoms with Crippen LogP contribution in [-0.2, 0) is 0 Å². The second-order valence-corrected chi connectivity index (χ2v) is 6.93. The molecule has 0 radical (unpaired) electrons. The van der Waals surface area contributed by atoms with E-state index in [4.69, 9.17) is 0 Å². The molecule has 0 aliphatic heterocycles. The lowest BCUT2D eigenvalue weighted by Crippen LogP contribution is -2.40. The lowest BCUT2D eigenvalue weighted by molar-refractivity contribution is 0.123. The quantitative estimate of drug-likeness (QED) is 0.511. The van der Waals surface area contributed by atoms with Gasteiger partial charge in [-0.1, -0.05) is 65.2 Å². The number of unbranched alkanes of at least 4 members (excludes halogenated alkanes) is 4. The molecule has 0 heterocycles. The minimum atomic E-state index is 0.202. The van der Waals surface area contributed by atoms with Gasteiger partial charge in [-0.25, -0.2) is 0 Å². The summed E-state index contributed by atoms with van der Waals surface area (Å²) in [5, 5.41) is 13.5. The monoisotopic (exact) mass is 283 g/mol. The summed E-state index contributed by atoms with van der Waals surface area (Å²) in [6.45, 7) is 5.96. The molecule has 0 unspecified atom stereocenters. The number of rotatable bonds is 12. The maximum Gasteiger partial charge on any atom is 0.0499 e. The molecule has 2 N–H and O–H groups in total. The highest BCUT2D eigenvalue weighted by Gasteiger charge is 2.33. The molecule has 0 bridgehead atoms. The lowest BCUT2D eigenvalue weighted by atomic mass is 9.86. The van der Waals surface area contributed by atoms with E-state index in [9.17, 15) is 5.11 Å². The maximum absolute atomic E-state index is 9.72. The van der Waals surface area contributed by atoms with Gasteiger partial charge in [0.05, 0.1) is 0 Å². The Morgan fingerprint density at radius 3 is 1.95 bits per heavy atom. The van der Waals surface area contributed by atoms with Crippen LogP contribution in [0.15, 0.2) is 0 Å². The molecule has 1 aliphatic carbocycles. The highest BCUT2D eigenvalue weighted by atomic mass is 16.3. The molecule has 0 saturated heterocycles. The number of hydrogen-bond acceptors (Lipinski definition) is 2. The van der Waals surface area contributed by atoms with Crippen molar-refractivity contribution in [2.45, 2.75) is 96.9 Å². The Hall–Kier alpha value is -0.0800. The van der Waals surface area contributed by atoms with Crippen LogP contribution in [0.5, 0.6) is 0 Å². The van der Waals surface area contributed by atoms with Gasteiger partial charge in [-0.05, 0) is 25.7 Å². The molecule has 0 amide bonds. The van der Waals surface area contributed by atoms with Gasteiger partial charge in [0.2, 0.25) is 0 Å². The first-order chi connectivity index (χ1) is 9.76. The largest absolute Gasteiger partial charge is 0.396 e. The fourth-order valence-corrected chi connectivity index (χ4v) is 3.51. The van der Waals surface area contributed by atoms with Gasteiger partial charge in [0.25, 0.3) is 0 Å². The van der Waals surface area contributed by atoms with E-state index >= 15 is 0 Å². The maximum atomic E-state index is 9.72. The van der Waals surface area contributed by atoms with Gasteiger partial charge < -0.3 is 10.4 Å². The first kappa shape index (κ1) is 18.0. The van der Waals surface area contributed by atoms with Gasteiger partial charge in [-0.2, -0.15) is 0 Å². The van der Waals surface area contributed by atoms with Crippen LogP contribution < -0.4 is 5.32 Å². The van der Waals surface area contributed by atoms with Gasteiger partial charge in [-0.15, -0.1) is 0 Å². The second-order valence-electron chi connectivity index (χ2n) is 6.93. The Balaban J connectivity index is 2.33. The summed E-state index contributed by atoms with van der Waals surface area (Å²) in [6.07, 6.45) is 15.7. The molecule has 1 aliphatic rings. The van der Waals surface area contributed by atoms with E-state index in [-0.39, 0.29) is 5.41 Å². The van der Waals surface area contributed by atoms with E-state index in [2.05, 4.69) is 19.2 Å². The highest BCUT2D eigenvalue weighted by Crippen LogP contribution is 2.37. The van der Waals surface area contributed by atoms with E-state index in [1.165, 1.54) is 77.0 Å². The van der Waals surface area contributed by atoms with Gasteiger partial charge in [0.1, 0.15) is 0 Å². The number of aliphatic hydroxyl groups excluding tert-OH is 1. The SMILES string of the molecule is CCCCCC(CCCCC)NCC1(CO)CCCC1. The second kappa shape index (κ2) is 10.6. The molecule has 0 aromatic rings. The van der Waals surface area contributed by atoms with Crippen molar-refractivity contribution in [1.82, 2.24) is 5.32 Å². The van der Waals surface area contributed by atoms with Crippen LogP contribution in [-0.4, -0.2) is 24.3 Å². The van der Waals surface area contributed by atoms with E-state index < -0.39 is 0 Å². The van der Waals surface area contributed by atoms with Crippen molar-refractivity contribution in [2.24, 2.45) is 5.41 Å². The van der Waals surface area contributed by atoms with E-state index in [0.29, 0.717) is 12.6 Å². The summed E-state index contributed by atoms with van der Waals surface area (Å²) in [5.74, 6) is 0. The standard InChI is InChI=1S/C18H37NO/c1-3-5-7-11-17(12-8-6-4-2)19-15-18(16-20)13-9-10-14-18/h17,19-20H,3-16H2,1-2H3. The van der Waals surface area contributed by atoms with Gasteiger partial charge in [-0.3, -0.25) is 0 Å². The van der Waals surface area contributed by atoms with Crippen molar-refractivity contribution < 1.29 is 5.11 Å². The van der Waals surface area contributed by atoms with Gasteiger partial charge in [0, 0.05) is 24.6 Å². The van der Waals surface area contributed by atoms with Crippen LogP contribution in [0.25, 0.3) is 0 Å². The van der Waals surface area contributed by atoms with E-state index in [1.807, 2.05) is 0 Å². The molecule has 20 heavy (non-hydrogen) atoms. The van der Waals surface area contributed by atoms with Crippen LogP contribution in [0.2, 0.25) is 0 Å². The molecule has 120 valence electrons. The molecule has 0 spiro atoms. The Morgan fingerprint density at radius 2 is 1.50 bits per heavy atom. The van der Waals surface area contributed by atoms with Gasteiger partial charge in [0.15, 0.2) is 0 Å². The van der Waals surface area contributed by atoms with E-state index in [0.717, 1.165) is 6.54 Å². The zero-order valence-corrected chi connectivity index (χ0v) is 13.9. The van der Waals surface area contributed by atoms with Crippen molar-refractivity contribution in [1.29, 1.82) is 0 Å². The summed E-state index contributed by atoms with van der Waals surface area (Å²) < 4.78 is 0. The number of nitrogens with one attached hydrogen (secondary N) is 1. The minimum absolute atomic E-state index is 0.202. The molecule has 0 atom stereocenters. The third-order valence-corrected chi connectivity index (χ3v) is 5.08. The number of hydrogen-bond donors (Lipinski definition) is 2. The van der Waals surface area contributed by atoms with Crippen molar-refractivity contribution in [3.8, 4) is 0 Å². The number of aliphatic hydroxyl groups is 1.